The molecule has 0 aromatic carbocycles. The van der Waals surface area contributed by atoms with E-state index in [1.54, 1.807) is 0 Å². The van der Waals surface area contributed by atoms with Gasteiger partial charge in [0.25, 0.3) is 0 Å². The third-order valence-electron chi connectivity index (χ3n) is 1.87. The minimum absolute atomic E-state index is 0.994. The average molecular weight is 146 g/mol. The molecule has 0 aromatic heterocycles. The van der Waals surface area contributed by atoms with Crippen LogP contribution in [0.15, 0.2) is 0 Å². The minimum atomic E-state index is 0.994. The van der Waals surface area contributed by atoms with E-state index in [0.717, 1.165) is 10.5 Å². The largest absolute Gasteiger partial charge is 0.148 e. The highest BCUT2D eigenvalue weighted by molar-refractivity contribution is 8.17. The van der Waals surface area contributed by atoms with Crippen LogP contribution in [0.3, 0.4) is 0 Å². The molecule has 0 spiro atoms. The number of hydrogen-bond acceptors (Lipinski definition) is 2. The van der Waals surface area contributed by atoms with Gasteiger partial charge in [-0.2, -0.15) is 0 Å². The molecule has 2 heteroatoms. The van der Waals surface area contributed by atoms with Gasteiger partial charge in [-0.25, -0.2) is 0 Å². The molecule has 8 heavy (non-hydrogen) atoms. The van der Waals surface area contributed by atoms with E-state index >= 15 is 0 Å². The Morgan fingerprint density at radius 2 is 2.25 bits per heavy atom. The lowest BCUT2D eigenvalue weighted by atomic mass is 10.1. The number of fused-ring (bicyclic) bond motifs is 2. The maximum Gasteiger partial charge on any atom is 0.0505 e. The molecule has 0 nitrogen and oxygen atoms in total. The van der Waals surface area contributed by atoms with Crippen molar-refractivity contribution in [3.8, 4) is 0 Å². The van der Waals surface area contributed by atoms with Gasteiger partial charge >= 0.3 is 0 Å². The van der Waals surface area contributed by atoms with Gasteiger partial charge in [-0.3, -0.25) is 0 Å². The van der Waals surface area contributed by atoms with Gasteiger partial charge in [0.1, 0.15) is 0 Å². The fraction of sp³-hybridized carbons (Fsp3) is 1.00. The van der Waals surface area contributed by atoms with Crippen molar-refractivity contribution in [2.45, 2.75) is 17.4 Å². The van der Waals surface area contributed by atoms with Crippen LogP contribution in [-0.2, 0) is 0 Å². The van der Waals surface area contributed by atoms with Gasteiger partial charge < -0.3 is 0 Å². The molecular formula is C6H10S2. The van der Waals surface area contributed by atoms with Crippen molar-refractivity contribution in [2.24, 2.45) is 5.92 Å². The molecule has 0 amide bonds. The van der Waals surface area contributed by atoms with Gasteiger partial charge in [-0.05, 0) is 30.3 Å². The van der Waals surface area contributed by atoms with Crippen LogP contribution in [0.25, 0.3) is 0 Å². The Balaban J connectivity index is 2.03. The first-order valence-electron chi connectivity index (χ1n) is 3.18. The van der Waals surface area contributed by atoms with Crippen molar-refractivity contribution in [2.75, 3.05) is 11.5 Å². The second-order valence-corrected chi connectivity index (χ2v) is 5.37. The van der Waals surface area contributed by atoms with Gasteiger partial charge in [0.15, 0.2) is 0 Å². The monoisotopic (exact) mass is 146 g/mol. The molecular weight excluding hydrogens is 136 g/mol. The highest BCUT2D eigenvalue weighted by atomic mass is 32.2. The Kier molecular flexibility index (Phi) is 1.47. The lowest BCUT2D eigenvalue weighted by Crippen LogP contribution is -2.07. The van der Waals surface area contributed by atoms with Crippen LogP contribution in [-0.4, -0.2) is 16.1 Å². The first kappa shape index (κ1) is 5.48. The molecule has 46 valence electrons. The van der Waals surface area contributed by atoms with Crippen molar-refractivity contribution < 1.29 is 0 Å². The molecule has 2 fully saturated rings. The van der Waals surface area contributed by atoms with E-state index < -0.39 is 0 Å². The van der Waals surface area contributed by atoms with Gasteiger partial charge in [0.05, 0.1) is 4.58 Å². The summed E-state index contributed by atoms with van der Waals surface area (Å²) in [5.74, 6) is 3.99. The zero-order valence-corrected chi connectivity index (χ0v) is 6.43. The molecule has 0 saturated carbocycles. The highest BCUT2D eigenvalue weighted by Gasteiger charge is 2.29. The lowest BCUT2D eigenvalue weighted by molar-refractivity contribution is 0.562. The number of thioether (sulfide) groups is 2. The molecule has 2 aliphatic rings. The fourth-order valence-corrected chi connectivity index (χ4v) is 4.58. The summed E-state index contributed by atoms with van der Waals surface area (Å²) in [5.41, 5.74) is 0. The summed E-state index contributed by atoms with van der Waals surface area (Å²) in [7, 11) is 0. The van der Waals surface area contributed by atoms with Crippen molar-refractivity contribution >= 4 is 23.5 Å². The standard InChI is InChI=1S/C6H10S2/c1-2-7-6-3-5(1)4-8-6/h5-6H,1-4H2/t5-,6?/m1/s1. The smallest absolute Gasteiger partial charge is 0.0505 e. The molecule has 0 radical (unpaired) electrons. The summed E-state index contributed by atoms with van der Waals surface area (Å²) >= 11 is 4.34. The van der Waals surface area contributed by atoms with Crippen LogP contribution in [0.5, 0.6) is 0 Å². The van der Waals surface area contributed by atoms with Crippen molar-refractivity contribution in [3.63, 3.8) is 0 Å². The van der Waals surface area contributed by atoms with Crippen molar-refractivity contribution in [1.29, 1.82) is 0 Å². The fourth-order valence-electron chi connectivity index (χ4n) is 1.34. The topological polar surface area (TPSA) is 0 Å². The molecule has 2 bridgehead atoms. The van der Waals surface area contributed by atoms with Crippen LogP contribution in [0.4, 0.5) is 0 Å². The molecule has 2 saturated heterocycles. The Bertz CT molecular complexity index is 78.5. The minimum Gasteiger partial charge on any atom is -0.148 e. The zero-order chi connectivity index (χ0) is 5.40. The second kappa shape index (κ2) is 2.14. The predicted molar refractivity (Wildman–Crippen MR) is 41.4 cm³/mol. The summed E-state index contributed by atoms with van der Waals surface area (Å²) in [6, 6.07) is 0. The quantitative estimate of drug-likeness (QED) is 0.514. The Morgan fingerprint density at radius 1 is 1.25 bits per heavy atom. The van der Waals surface area contributed by atoms with E-state index in [4.69, 9.17) is 0 Å². The van der Waals surface area contributed by atoms with E-state index in [1.807, 2.05) is 0 Å². The lowest BCUT2D eigenvalue weighted by Gasteiger charge is -2.15. The average Bonchev–Trinajstić information content (AvgIpc) is 2.12. The SMILES string of the molecule is C1C[C@H]2CSC(C2)S1. The molecule has 0 aromatic rings. The van der Waals surface area contributed by atoms with Gasteiger partial charge in [-0.1, -0.05) is 0 Å². The predicted octanol–water partition coefficient (Wildman–Crippen LogP) is 2.20. The van der Waals surface area contributed by atoms with E-state index in [-0.39, 0.29) is 0 Å². The van der Waals surface area contributed by atoms with Crippen LogP contribution >= 0.6 is 23.5 Å². The molecule has 2 rings (SSSR count). The molecule has 2 atom stereocenters. The number of rotatable bonds is 0. The molecule has 2 aliphatic heterocycles. The number of hydrogen-bond donors (Lipinski definition) is 0. The van der Waals surface area contributed by atoms with Crippen LogP contribution in [0, 0.1) is 5.92 Å². The van der Waals surface area contributed by atoms with Crippen molar-refractivity contribution in [3.05, 3.63) is 0 Å². The summed E-state index contributed by atoms with van der Waals surface area (Å²) in [5, 5.41) is 0. The van der Waals surface area contributed by atoms with E-state index in [2.05, 4.69) is 23.5 Å². The highest BCUT2D eigenvalue weighted by Crippen LogP contribution is 2.44. The molecule has 0 aliphatic carbocycles. The first-order valence-corrected chi connectivity index (χ1v) is 5.28. The van der Waals surface area contributed by atoms with Gasteiger partial charge in [0, 0.05) is 0 Å². The van der Waals surface area contributed by atoms with Crippen LogP contribution < -0.4 is 0 Å². The third kappa shape index (κ3) is 0.883. The summed E-state index contributed by atoms with van der Waals surface area (Å²) in [6.45, 7) is 0. The first-order chi connectivity index (χ1) is 3.95. The van der Waals surface area contributed by atoms with E-state index in [0.29, 0.717) is 0 Å². The summed E-state index contributed by atoms with van der Waals surface area (Å²) in [6.07, 6.45) is 3.00. The molecule has 1 unspecified atom stereocenters. The van der Waals surface area contributed by atoms with E-state index in [1.165, 1.54) is 24.3 Å². The molecule has 2 heterocycles. The third-order valence-corrected chi connectivity index (χ3v) is 4.95. The van der Waals surface area contributed by atoms with Gasteiger partial charge in [-0.15, -0.1) is 23.5 Å². The van der Waals surface area contributed by atoms with E-state index in [9.17, 15) is 0 Å². The maximum atomic E-state index is 2.18. The molecule has 0 N–H and O–H groups in total. The maximum absolute atomic E-state index is 2.18. The second-order valence-electron chi connectivity index (χ2n) is 2.52. The Hall–Kier alpha value is 0.700. The Labute approximate surface area is 58.8 Å². The zero-order valence-electron chi connectivity index (χ0n) is 4.80. The van der Waals surface area contributed by atoms with Crippen molar-refractivity contribution in [1.82, 2.24) is 0 Å². The van der Waals surface area contributed by atoms with Crippen LogP contribution in [0.1, 0.15) is 12.8 Å². The Morgan fingerprint density at radius 3 is 3.00 bits per heavy atom. The summed E-state index contributed by atoms with van der Waals surface area (Å²) < 4.78 is 0.994. The normalized spacial score (nSPS) is 45.0. The summed E-state index contributed by atoms with van der Waals surface area (Å²) in [4.78, 5) is 0. The van der Waals surface area contributed by atoms with Gasteiger partial charge in [0.2, 0.25) is 0 Å². The van der Waals surface area contributed by atoms with Crippen LogP contribution in [0.2, 0.25) is 0 Å².